The van der Waals surface area contributed by atoms with Crippen molar-refractivity contribution in [3.05, 3.63) is 52.0 Å². The first-order chi connectivity index (χ1) is 14.9. The Kier molecular flexibility index (Phi) is 9.22. The Balaban J connectivity index is 2.25. The van der Waals surface area contributed by atoms with Gasteiger partial charge in [0.2, 0.25) is 5.91 Å². The average molecular weight is 492 g/mol. The zero-order valence-electron chi connectivity index (χ0n) is 18.0. The SMILES string of the molecule is CCOC(=O)[C@H](C)Cc1ccc(Cl)c(NC(=O)[C@H](C2C=CC(Cl)=CC2)[C@@H](C)C(F)(F)F)c1. The minimum atomic E-state index is -4.55. The largest absolute Gasteiger partial charge is 0.466 e. The number of halogens is 5. The molecule has 32 heavy (non-hydrogen) atoms. The Morgan fingerprint density at radius 2 is 1.94 bits per heavy atom. The number of nitrogens with one attached hydrogen (secondary N) is 1. The maximum absolute atomic E-state index is 13.5. The Hall–Kier alpha value is -1.99. The summed E-state index contributed by atoms with van der Waals surface area (Å²) in [4.78, 5) is 24.9. The quantitative estimate of drug-likeness (QED) is 0.420. The van der Waals surface area contributed by atoms with Gasteiger partial charge in [-0.2, -0.15) is 13.2 Å². The minimum Gasteiger partial charge on any atom is -0.466 e. The molecule has 0 aliphatic heterocycles. The van der Waals surface area contributed by atoms with Gasteiger partial charge in [0, 0.05) is 5.03 Å². The molecule has 0 radical (unpaired) electrons. The van der Waals surface area contributed by atoms with Crippen molar-refractivity contribution in [2.75, 3.05) is 11.9 Å². The predicted molar refractivity (Wildman–Crippen MR) is 119 cm³/mol. The summed E-state index contributed by atoms with van der Waals surface area (Å²) in [5.41, 5.74) is 0.885. The van der Waals surface area contributed by atoms with Crippen LogP contribution in [0.15, 0.2) is 41.5 Å². The van der Waals surface area contributed by atoms with E-state index in [4.69, 9.17) is 27.9 Å². The van der Waals surface area contributed by atoms with Crippen LogP contribution in [0.1, 0.15) is 32.8 Å². The molecule has 1 N–H and O–H groups in total. The second-order valence-corrected chi connectivity index (χ2v) is 8.71. The van der Waals surface area contributed by atoms with Crippen LogP contribution in [0.2, 0.25) is 5.02 Å². The van der Waals surface area contributed by atoms with E-state index in [2.05, 4.69) is 5.32 Å². The number of carbonyl (C=O) groups excluding carboxylic acids is 2. The first-order valence-corrected chi connectivity index (χ1v) is 11.1. The molecule has 1 aliphatic carbocycles. The second-order valence-electron chi connectivity index (χ2n) is 7.86. The highest BCUT2D eigenvalue weighted by Gasteiger charge is 2.46. The summed E-state index contributed by atoms with van der Waals surface area (Å²) in [6.45, 7) is 4.68. The van der Waals surface area contributed by atoms with Crippen molar-refractivity contribution in [1.82, 2.24) is 0 Å². The molecule has 1 amide bonds. The van der Waals surface area contributed by atoms with Crippen molar-refractivity contribution in [2.45, 2.75) is 39.8 Å². The second kappa shape index (κ2) is 11.2. The number of alkyl halides is 3. The summed E-state index contributed by atoms with van der Waals surface area (Å²) in [6, 6.07) is 4.80. The van der Waals surface area contributed by atoms with Crippen LogP contribution in [0, 0.1) is 23.7 Å². The number of benzene rings is 1. The van der Waals surface area contributed by atoms with Crippen molar-refractivity contribution in [3.8, 4) is 0 Å². The van der Waals surface area contributed by atoms with E-state index in [1.54, 1.807) is 32.1 Å². The van der Waals surface area contributed by atoms with Gasteiger partial charge in [-0.3, -0.25) is 9.59 Å². The third kappa shape index (κ3) is 7.01. The van der Waals surface area contributed by atoms with E-state index in [0.29, 0.717) is 17.0 Å². The molecule has 0 fully saturated rings. The van der Waals surface area contributed by atoms with Crippen LogP contribution in [0.3, 0.4) is 0 Å². The minimum absolute atomic E-state index is 0.187. The molecule has 9 heteroatoms. The van der Waals surface area contributed by atoms with Gasteiger partial charge >= 0.3 is 12.1 Å². The van der Waals surface area contributed by atoms with Gasteiger partial charge in [-0.25, -0.2) is 0 Å². The van der Waals surface area contributed by atoms with Crippen molar-refractivity contribution in [3.63, 3.8) is 0 Å². The maximum Gasteiger partial charge on any atom is 0.392 e. The van der Waals surface area contributed by atoms with Crippen LogP contribution in [0.25, 0.3) is 0 Å². The molecule has 176 valence electrons. The van der Waals surface area contributed by atoms with Crippen molar-refractivity contribution < 1.29 is 27.5 Å². The van der Waals surface area contributed by atoms with Gasteiger partial charge in [0.05, 0.1) is 35.1 Å². The van der Waals surface area contributed by atoms with Crippen LogP contribution in [0.4, 0.5) is 18.9 Å². The van der Waals surface area contributed by atoms with Crippen molar-refractivity contribution in [2.24, 2.45) is 23.7 Å². The molecule has 1 unspecified atom stereocenters. The van der Waals surface area contributed by atoms with Crippen LogP contribution >= 0.6 is 23.2 Å². The fourth-order valence-corrected chi connectivity index (χ4v) is 3.93. The monoisotopic (exact) mass is 491 g/mol. The van der Waals surface area contributed by atoms with E-state index in [9.17, 15) is 22.8 Å². The zero-order valence-corrected chi connectivity index (χ0v) is 19.5. The summed E-state index contributed by atoms with van der Waals surface area (Å²) in [7, 11) is 0. The van der Waals surface area contributed by atoms with E-state index < -0.39 is 35.8 Å². The van der Waals surface area contributed by atoms with Crippen LogP contribution in [-0.2, 0) is 20.7 Å². The Morgan fingerprint density at radius 1 is 1.25 bits per heavy atom. The van der Waals surface area contributed by atoms with Gasteiger partial charge in [-0.15, -0.1) is 0 Å². The molecule has 0 aromatic heterocycles. The Labute approximate surface area is 195 Å². The smallest absolute Gasteiger partial charge is 0.392 e. The number of esters is 1. The first kappa shape index (κ1) is 26.3. The Morgan fingerprint density at radius 3 is 2.50 bits per heavy atom. The lowest BCUT2D eigenvalue weighted by Crippen LogP contribution is -2.40. The summed E-state index contributed by atoms with van der Waals surface area (Å²) >= 11 is 12.1. The van der Waals surface area contributed by atoms with Gasteiger partial charge in [0.15, 0.2) is 0 Å². The molecule has 0 heterocycles. The molecule has 1 aromatic rings. The number of hydrogen-bond acceptors (Lipinski definition) is 3. The lowest BCUT2D eigenvalue weighted by molar-refractivity contribution is -0.188. The number of hydrogen-bond donors (Lipinski definition) is 1. The molecule has 0 bridgehead atoms. The summed E-state index contributed by atoms with van der Waals surface area (Å²) < 4.78 is 45.6. The lowest BCUT2D eigenvalue weighted by atomic mass is 9.78. The molecular formula is C23H26Cl2F3NO3. The van der Waals surface area contributed by atoms with Gasteiger partial charge in [-0.1, -0.05) is 55.3 Å². The number of rotatable bonds is 8. The maximum atomic E-state index is 13.5. The zero-order chi connectivity index (χ0) is 24.1. The molecule has 0 saturated heterocycles. The van der Waals surface area contributed by atoms with Crippen LogP contribution in [-0.4, -0.2) is 24.7 Å². The van der Waals surface area contributed by atoms with Gasteiger partial charge in [-0.05, 0) is 49.5 Å². The fraction of sp³-hybridized carbons (Fsp3) is 0.478. The number of ether oxygens (including phenoxy) is 1. The number of carbonyl (C=O) groups is 2. The summed E-state index contributed by atoms with van der Waals surface area (Å²) in [6.07, 6.45) is 0.632. The van der Waals surface area contributed by atoms with Crippen LogP contribution < -0.4 is 5.32 Å². The van der Waals surface area contributed by atoms with E-state index in [0.717, 1.165) is 6.92 Å². The molecule has 0 spiro atoms. The number of anilines is 1. The summed E-state index contributed by atoms with van der Waals surface area (Å²) in [5.74, 6) is -5.49. The third-order valence-corrected chi connectivity index (χ3v) is 6.04. The lowest BCUT2D eigenvalue weighted by Gasteiger charge is -2.31. The number of amides is 1. The molecule has 1 aliphatic rings. The predicted octanol–water partition coefficient (Wildman–Crippen LogP) is 6.53. The van der Waals surface area contributed by atoms with Crippen molar-refractivity contribution in [1.29, 1.82) is 0 Å². The Bertz CT molecular complexity index is 899. The first-order valence-electron chi connectivity index (χ1n) is 10.3. The molecule has 4 atom stereocenters. The third-order valence-electron chi connectivity index (χ3n) is 5.43. The van der Waals surface area contributed by atoms with Crippen LogP contribution in [0.5, 0.6) is 0 Å². The van der Waals surface area contributed by atoms with Gasteiger partial charge in [0.25, 0.3) is 0 Å². The van der Waals surface area contributed by atoms with E-state index in [1.807, 2.05) is 0 Å². The van der Waals surface area contributed by atoms with Crippen molar-refractivity contribution >= 4 is 40.8 Å². The number of allylic oxidation sites excluding steroid dienone is 4. The molecule has 4 nitrogen and oxygen atoms in total. The van der Waals surface area contributed by atoms with Gasteiger partial charge < -0.3 is 10.1 Å². The molecule has 0 saturated carbocycles. The highest BCUT2D eigenvalue weighted by Crippen LogP contribution is 2.40. The fourth-order valence-electron chi connectivity index (χ4n) is 3.61. The highest BCUT2D eigenvalue weighted by molar-refractivity contribution is 6.33. The topological polar surface area (TPSA) is 55.4 Å². The van der Waals surface area contributed by atoms with E-state index in [-0.39, 0.29) is 29.7 Å². The molecular weight excluding hydrogens is 466 g/mol. The molecule has 1 aromatic carbocycles. The normalized spacial score (nSPS) is 19.0. The molecule has 2 rings (SSSR count). The van der Waals surface area contributed by atoms with E-state index >= 15 is 0 Å². The highest BCUT2D eigenvalue weighted by atomic mass is 35.5. The summed E-state index contributed by atoms with van der Waals surface area (Å²) in [5, 5.41) is 3.17. The van der Waals surface area contributed by atoms with Gasteiger partial charge in [0.1, 0.15) is 0 Å². The average Bonchev–Trinajstić information content (AvgIpc) is 2.71. The standard InChI is InChI=1S/C23H26Cl2F3NO3/c1-4-32-22(31)13(2)11-15-5-10-18(25)19(12-15)29-21(30)20(14(3)23(26,27)28)16-6-8-17(24)9-7-16/h5-6,8-10,12-14,16,20H,4,7,11H2,1-3H3,(H,29,30)/t13-,14-,16?,20+/m1/s1. The van der Waals surface area contributed by atoms with E-state index in [1.165, 1.54) is 18.2 Å².